The van der Waals surface area contributed by atoms with Crippen molar-refractivity contribution in [1.82, 2.24) is 20.3 Å². The van der Waals surface area contributed by atoms with Gasteiger partial charge in [0, 0.05) is 49.2 Å². The molecule has 0 unspecified atom stereocenters. The van der Waals surface area contributed by atoms with Crippen molar-refractivity contribution in [3.05, 3.63) is 41.2 Å². The van der Waals surface area contributed by atoms with E-state index in [0.29, 0.717) is 12.6 Å². The number of H-pyrrole nitrogens is 1. The number of rotatable bonds is 3. The summed E-state index contributed by atoms with van der Waals surface area (Å²) in [6.07, 6.45) is -2.33. The van der Waals surface area contributed by atoms with Crippen LogP contribution in [-0.2, 0) is 16.0 Å². The number of halogens is 3. The summed E-state index contributed by atoms with van der Waals surface area (Å²) in [6.45, 7) is 4.20. The summed E-state index contributed by atoms with van der Waals surface area (Å²) in [7, 11) is 0. The average molecular weight is 491 g/mol. The molecule has 186 valence electrons. The Morgan fingerprint density at radius 2 is 1.91 bits per heavy atom. The molecule has 2 aromatic heterocycles. The lowest BCUT2D eigenvalue weighted by Crippen LogP contribution is -2.31. The number of aliphatic carboxylic acids is 1. The van der Waals surface area contributed by atoms with Crippen LogP contribution in [0.2, 0.25) is 0 Å². The minimum absolute atomic E-state index is 0.0206. The quantitative estimate of drug-likeness (QED) is 0.442. The highest BCUT2D eigenvalue weighted by Crippen LogP contribution is 2.30. The van der Waals surface area contributed by atoms with Crippen molar-refractivity contribution in [2.45, 2.75) is 38.4 Å². The topological polar surface area (TPSA) is 129 Å². The lowest BCUT2D eigenvalue weighted by atomic mass is 10.1. The lowest BCUT2D eigenvalue weighted by Gasteiger charge is -2.24. The van der Waals surface area contributed by atoms with Crippen LogP contribution in [0.4, 0.5) is 19.0 Å². The predicted molar refractivity (Wildman–Crippen MR) is 121 cm³/mol. The monoisotopic (exact) mass is 491 g/mol. The van der Waals surface area contributed by atoms with Gasteiger partial charge in [0.05, 0.1) is 16.8 Å². The maximum atomic E-state index is 12.1. The first-order chi connectivity index (χ1) is 16.6. The van der Waals surface area contributed by atoms with Crippen molar-refractivity contribution in [1.29, 1.82) is 0 Å². The van der Waals surface area contributed by atoms with Crippen LogP contribution in [0.15, 0.2) is 24.3 Å². The molecule has 1 amide bonds. The van der Waals surface area contributed by atoms with Crippen LogP contribution in [0, 0.1) is 6.92 Å². The van der Waals surface area contributed by atoms with E-state index in [1.807, 2.05) is 31.2 Å². The Hall–Kier alpha value is -3.67. The van der Waals surface area contributed by atoms with Crippen LogP contribution in [0.1, 0.15) is 34.6 Å². The van der Waals surface area contributed by atoms with Gasteiger partial charge in [-0.1, -0.05) is 12.1 Å². The number of nitrogens with zero attached hydrogens (tertiary/aromatic N) is 2. The van der Waals surface area contributed by atoms with Crippen molar-refractivity contribution in [2.24, 2.45) is 0 Å². The van der Waals surface area contributed by atoms with E-state index in [1.54, 1.807) is 0 Å². The van der Waals surface area contributed by atoms with Gasteiger partial charge in [0.15, 0.2) is 0 Å². The molecule has 0 saturated carbocycles. The van der Waals surface area contributed by atoms with Crippen LogP contribution < -0.4 is 10.6 Å². The van der Waals surface area contributed by atoms with Gasteiger partial charge in [0.1, 0.15) is 11.3 Å². The number of alkyl halides is 3. The number of fused-ring (bicyclic) bond motifs is 2. The number of carboxylic acids is 1. The Bertz CT molecular complexity index is 1250. The number of anilines is 1. The molecule has 12 heteroatoms. The number of aryl methyl sites for hydroxylation is 1. The molecule has 1 fully saturated rings. The molecule has 2 aliphatic rings. The minimum Gasteiger partial charge on any atom is -0.475 e. The van der Waals surface area contributed by atoms with Crippen LogP contribution >= 0.6 is 0 Å². The van der Waals surface area contributed by atoms with Gasteiger partial charge in [-0.25, -0.2) is 14.8 Å². The maximum absolute atomic E-state index is 12.1. The number of carboxylic acid groups (broad SMARTS) is 1. The summed E-state index contributed by atoms with van der Waals surface area (Å²) in [6, 6.07) is 8.27. The summed E-state index contributed by atoms with van der Waals surface area (Å²) in [5.41, 5.74) is 6.15. The van der Waals surface area contributed by atoms with Gasteiger partial charge in [-0.05, 0) is 31.9 Å². The molecule has 2 aliphatic heterocycles. The Morgan fingerprint density at radius 3 is 2.57 bits per heavy atom. The largest absolute Gasteiger partial charge is 0.490 e. The second kappa shape index (κ2) is 9.90. The Balaban J connectivity index is 0.000000364. The van der Waals surface area contributed by atoms with Gasteiger partial charge < -0.3 is 25.5 Å². The number of carbonyl (C=O) groups excluding carboxylic acids is 1. The van der Waals surface area contributed by atoms with Crippen LogP contribution in [0.3, 0.4) is 0 Å². The fourth-order valence-electron chi connectivity index (χ4n) is 3.99. The zero-order valence-electron chi connectivity index (χ0n) is 18.8. The highest BCUT2D eigenvalue weighted by molar-refractivity contribution is 5.99. The fraction of sp³-hybridized carbons (Fsp3) is 0.391. The molecule has 9 nitrogen and oxygen atoms in total. The van der Waals surface area contributed by atoms with Gasteiger partial charge in [-0.3, -0.25) is 4.79 Å². The smallest absolute Gasteiger partial charge is 0.475 e. The normalized spacial score (nSPS) is 16.2. The highest BCUT2D eigenvalue weighted by atomic mass is 19.4. The van der Waals surface area contributed by atoms with E-state index >= 15 is 0 Å². The van der Waals surface area contributed by atoms with E-state index in [-0.39, 0.29) is 5.91 Å². The number of hydrogen-bond acceptors (Lipinski definition) is 6. The number of amides is 1. The fourth-order valence-corrected chi connectivity index (χ4v) is 3.99. The summed E-state index contributed by atoms with van der Waals surface area (Å²) in [4.78, 5) is 34.2. The van der Waals surface area contributed by atoms with E-state index in [1.165, 1.54) is 0 Å². The van der Waals surface area contributed by atoms with Crippen molar-refractivity contribution >= 4 is 28.7 Å². The van der Waals surface area contributed by atoms with Crippen molar-refractivity contribution in [3.63, 3.8) is 0 Å². The first-order valence-corrected chi connectivity index (χ1v) is 11.1. The third-order valence-corrected chi connectivity index (χ3v) is 5.77. The van der Waals surface area contributed by atoms with E-state index < -0.39 is 12.1 Å². The Labute approximate surface area is 198 Å². The van der Waals surface area contributed by atoms with Gasteiger partial charge in [-0.2, -0.15) is 13.2 Å². The van der Waals surface area contributed by atoms with Gasteiger partial charge in [0.2, 0.25) is 0 Å². The molecule has 0 radical (unpaired) electrons. The molecule has 4 heterocycles. The second-order valence-electron chi connectivity index (χ2n) is 8.25. The number of ether oxygens (including phenoxy) is 1. The molecule has 1 aromatic carbocycles. The number of aromatic amines is 1. The number of nitrogens with one attached hydrogen (secondary N) is 3. The van der Waals surface area contributed by atoms with Crippen molar-refractivity contribution in [3.8, 4) is 11.3 Å². The van der Waals surface area contributed by atoms with Gasteiger partial charge >= 0.3 is 12.1 Å². The molecule has 0 atom stereocenters. The van der Waals surface area contributed by atoms with Gasteiger partial charge in [-0.15, -0.1) is 0 Å². The second-order valence-corrected chi connectivity index (χ2v) is 8.25. The third kappa shape index (κ3) is 5.53. The summed E-state index contributed by atoms with van der Waals surface area (Å²) in [5, 5.41) is 13.6. The number of benzene rings is 1. The highest BCUT2D eigenvalue weighted by Gasteiger charge is 2.38. The summed E-state index contributed by atoms with van der Waals surface area (Å²) in [5.74, 6) is -1.96. The number of hydrogen-bond donors (Lipinski definition) is 4. The zero-order chi connectivity index (χ0) is 25.2. The van der Waals surface area contributed by atoms with Crippen LogP contribution in [-0.4, -0.2) is 63.9 Å². The molecule has 35 heavy (non-hydrogen) atoms. The van der Waals surface area contributed by atoms with Crippen molar-refractivity contribution < 1.29 is 32.6 Å². The molecule has 3 aromatic rings. The summed E-state index contributed by atoms with van der Waals surface area (Å²) >= 11 is 0. The molecular weight excluding hydrogens is 467 g/mol. The first kappa shape index (κ1) is 24.5. The van der Waals surface area contributed by atoms with E-state index in [2.05, 4.69) is 15.6 Å². The Kier molecular flexibility index (Phi) is 6.92. The van der Waals surface area contributed by atoms with Crippen LogP contribution in [0.5, 0.6) is 0 Å². The van der Waals surface area contributed by atoms with Crippen LogP contribution in [0.25, 0.3) is 22.3 Å². The first-order valence-electron chi connectivity index (χ1n) is 11.1. The molecule has 5 rings (SSSR count). The Morgan fingerprint density at radius 1 is 1.20 bits per heavy atom. The number of carbonyl (C=O) groups is 2. The third-order valence-electron chi connectivity index (χ3n) is 5.77. The standard InChI is InChI=1S/C21H23N5O2.C2HF3O2/c1-12-20(24-13-6-9-28-10-7-13)26-19-14(3-2-4-17(19)23-12)18-11-15-16(25-18)5-8-22-21(15)27;3-2(4,5)1(6)7/h2-4,11,13,25H,5-10H2,1H3,(H,22,27)(H,24,26);(H,6,7). The van der Waals surface area contributed by atoms with E-state index in [4.69, 9.17) is 24.6 Å². The minimum atomic E-state index is -5.08. The van der Waals surface area contributed by atoms with E-state index in [9.17, 15) is 18.0 Å². The zero-order valence-corrected chi connectivity index (χ0v) is 18.8. The molecule has 0 aliphatic carbocycles. The number of aromatic nitrogens is 3. The average Bonchev–Trinajstić information content (AvgIpc) is 3.25. The molecule has 0 bridgehead atoms. The molecular formula is C23H24F3N5O4. The molecule has 1 saturated heterocycles. The van der Waals surface area contributed by atoms with E-state index in [0.717, 1.165) is 77.5 Å². The molecule has 4 N–H and O–H groups in total. The van der Waals surface area contributed by atoms with Crippen molar-refractivity contribution in [2.75, 3.05) is 25.1 Å². The SMILES string of the molecule is Cc1nc2cccc(-c3cc4c([nH]3)CCNC4=O)c2nc1NC1CCOCC1.O=C(O)C(F)(F)F. The number of para-hydroxylation sites is 1. The maximum Gasteiger partial charge on any atom is 0.490 e. The summed E-state index contributed by atoms with van der Waals surface area (Å²) < 4.78 is 37.2. The lowest BCUT2D eigenvalue weighted by molar-refractivity contribution is -0.192. The predicted octanol–water partition coefficient (Wildman–Crippen LogP) is 3.44. The molecule has 0 spiro atoms. The van der Waals surface area contributed by atoms with Gasteiger partial charge in [0.25, 0.3) is 5.91 Å².